The molecule has 0 amide bonds. The third-order valence-electron chi connectivity index (χ3n) is 2.53. The molecule has 0 bridgehead atoms. The second kappa shape index (κ2) is 6.79. The molecule has 1 aromatic carbocycles. The minimum absolute atomic E-state index is 0.0314. The molecule has 1 heterocycles. The maximum Gasteiger partial charge on any atom is 0.416 e. The van der Waals surface area contributed by atoms with Gasteiger partial charge in [0.2, 0.25) is 0 Å². The molecule has 0 aliphatic rings. The van der Waals surface area contributed by atoms with Crippen LogP contribution in [-0.2, 0) is 6.18 Å². The zero-order chi connectivity index (χ0) is 17.4. The summed E-state index contributed by atoms with van der Waals surface area (Å²) in [5.41, 5.74) is -0.875. The van der Waals surface area contributed by atoms with E-state index in [4.69, 9.17) is 34.8 Å². The van der Waals surface area contributed by atoms with E-state index in [9.17, 15) is 17.6 Å². The second-order valence-corrected chi connectivity index (χ2v) is 7.68. The number of nitrogens with zero attached hydrogens (tertiary/aromatic N) is 2. The van der Waals surface area contributed by atoms with Gasteiger partial charge in [0, 0.05) is 6.20 Å². The highest BCUT2D eigenvalue weighted by Gasteiger charge is 2.32. The summed E-state index contributed by atoms with van der Waals surface area (Å²) in [6.45, 7) is 0. The number of benzene rings is 1. The molecule has 3 nitrogen and oxygen atoms in total. The van der Waals surface area contributed by atoms with Crippen LogP contribution in [0.4, 0.5) is 23.2 Å². The molecule has 0 unspecified atom stereocenters. The van der Waals surface area contributed by atoms with E-state index in [2.05, 4.69) is 22.6 Å². The van der Waals surface area contributed by atoms with Crippen LogP contribution >= 0.6 is 59.4 Å². The average molecular weight is 427 g/mol. The zero-order valence-corrected chi connectivity index (χ0v) is 14.7. The lowest BCUT2D eigenvalue weighted by Gasteiger charge is -2.15. The maximum absolute atomic E-state index is 13.2. The van der Waals surface area contributed by atoms with E-state index in [1.165, 1.54) is 12.4 Å². The van der Waals surface area contributed by atoms with Gasteiger partial charge in [-0.1, -0.05) is 47.6 Å². The van der Waals surface area contributed by atoms with E-state index in [0.717, 1.165) is 16.8 Å². The van der Waals surface area contributed by atoms with E-state index in [0.29, 0.717) is 11.8 Å². The largest absolute Gasteiger partial charge is 0.416 e. The number of hydrogen-bond donors (Lipinski definition) is 2. The molecule has 0 radical (unpaired) electrons. The van der Waals surface area contributed by atoms with Crippen molar-refractivity contribution in [3.63, 3.8) is 0 Å². The number of hydrogen-bond acceptors (Lipinski definition) is 4. The standard InChI is InChI=1S/C11H6Cl3F4N3S2/c12-7-1-5(10(15,16)17)2-8(20-22)9(7)21-4-6(3-19-21)23-11(13,14)18/h1-4,20,22H. The Morgan fingerprint density at radius 2 is 1.87 bits per heavy atom. The number of aromatic nitrogens is 2. The maximum atomic E-state index is 13.2. The quantitative estimate of drug-likeness (QED) is 0.274. The molecule has 0 saturated carbocycles. The number of nitrogens with one attached hydrogen (secondary N) is 1. The smallest absolute Gasteiger partial charge is 0.330 e. The first-order chi connectivity index (χ1) is 10.5. The number of halogens is 7. The van der Waals surface area contributed by atoms with Crippen LogP contribution in [0.2, 0.25) is 5.02 Å². The normalized spacial score (nSPS) is 12.5. The van der Waals surface area contributed by atoms with E-state index in [-0.39, 0.29) is 21.3 Å². The van der Waals surface area contributed by atoms with Gasteiger partial charge in [-0.25, -0.2) is 4.68 Å². The molecular weight excluding hydrogens is 421 g/mol. The Labute approximate surface area is 152 Å². The molecule has 0 aliphatic carbocycles. The van der Waals surface area contributed by atoms with Crippen molar-refractivity contribution in [1.29, 1.82) is 0 Å². The van der Waals surface area contributed by atoms with Crippen molar-refractivity contribution in [3.8, 4) is 5.69 Å². The molecule has 126 valence electrons. The van der Waals surface area contributed by atoms with Crippen LogP contribution in [0.3, 0.4) is 0 Å². The highest BCUT2D eigenvalue weighted by molar-refractivity contribution is 8.03. The second-order valence-electron chi connectivity index (χ2n) is 4.13. The van der Waals surface area contributed by atoms with Crippen LogP contribution in [-0.4, -0.2) is 13.7 Å². The van der Waals surface area contributed by atoms with E-state index in [1.807, 2.05) is 0 Å². The van der Waals surface area contributed by atoms with Crippen molar-refractivity contribution in [2.75, 3.05) is 4.72 Å². The van der Waals surface area contributed by atoms with Crippen LogP contribution < -0.4 is 4.72 Å². The van der Waals surface area contributed by atoms with E-state index in [1.54, 1.807) is 0 Å². The molecule has 1 aromatic heterocycles. The Morgan fingerprint density at radius 1 is 1.22 bits per heavy atom. The predicted molar refractivity (Wildman–Crippen MR) is 87.6 cm³/mol. The lowest BCUT2D eigenvalue weighted by molar-refractivity contribution is -0.137. The summed E-state index contributed by atoms with van der Waals surface area (Å²) in [6.07, 6.45) is -2.02. The van der Waals surface area contributed by atoms with Crippen LogP contribution in [0.1, 0.15) is 5.56 Å². The van der Waals surface area contributed by atoms with Gasteiger partial charge in [0.1, 0.15) is 5.69 Å². The molecule has 0 spiro atoms. The SMILES string of the molecule is FC(Cl)(Cl)Sc1cnn(-c2c(Cl)cc(C(F)(F)F)cc2NS)c1. The first-order valence-corrected chi connectivity index (χ1v) is 8.02. The fourth-order valence-corrected chi connectivity index (χ4v) is 3.23. The lowest BCUT2D eigenvalue weighted by atomic mass is 10.1. The van der Waals surface area contributed by atoms with Gasteiger partial charge in [-0.05, 0) is 23.9 Å². The summed E-state index contributed by atoms with van der Waals surface area (Å²) in [4.78, 5) is 0.249. The highest BCUT2D eigenvalue weighted by atomic mass is 35.5. The topological polar surface area (TPSA) is 29.9 Å². The Bertz CT molecular complexity index is 716. The molecule has 12 heteroatoms. The average Bonchev–Trinajstić information content (AvgIpc) is 2.82. The molecule has 2 aromatic rings. The van der Waals surface area contributed by atoms with Crippen LogP contribution in [0.15, 0.2) is 29.4 Å². The van der Waals surface area contributed by atoms with Crippen molar-refractivity contribution >= 4 is 65.1 Å². The van der Waals surface area contributed by atoms with Gasteiger partial charge in [-0.3, -0.25) is 0 Å². The summed E-state index contributed by atoms with van der Waals surface area (Å²) in [5.74, 6) is 0. The molecular formula is C11H6Cl3F4N3S2. The molecule has 23 heavy (non-hydrogen) atoms. The molecule has 0 atom stereocenters. The first kappa shape index (κ1) is 18.9. The summed E-state index contributed by atoms with van der Waals surface area (Å²) in [5, 5.41) is 3.68. The Balaban J connectivity index is 2.47. The van der Waals surface area contributed by atoms with Gasteiger partial charge < -0.3 is 4.72 Å². The molecule has 0 aliphatic heterocycles. The zero-order valence-electron chi connectivity index (χ0n) is 10.7. The molecule has 0 fully saturated rings. The van der Waals surface area contributed by atoms with Crippen molar-refractivity contribution < 1.29 is 17.6 Å². The number of rotatable bonds is 4. The summed E-state index contributed by atoms with van der Waals surface area (Å²) >= 11 is 20.6. The fraction of sp³-hybridized carbons (Fsp3) is 0.182. The minimum atomic E-state index is -4.57. The number of anilines is 1. The van der Waals surface area contributed by atoms with Gasteiger partial charge >= 0.3 is 10.1 Å². The molecule has 2 rings (SSSR count). The Morgan fingerprint density at radius 3 is 2.39 bits per heavy atom. The summed E-state index contributed by atoms with van der Waals surface area (Å²) < 4.78 is 52.5. The number of thioether (sulfide) groups is 1. The van der Waals surface area contributed by atoms with Gasteiger partial charge in [0.15, 0.2) is 0 Å². The summed E-state index contributed by atoms with van der Waals surface area (Å²) in [7, 11) is 0. The third-order valence-corrected chi connectivity index (χ3v) is 4.20. The van der Waals surface area contributed by atoms with Gasteiger partial charge in [0.25, 0.3) is 0 Å². The Hall–Kier alpha value is -0.480. The third kappa shape index (κ3) is 4.76. The summed E-state index contributed by atoms with van der Waals surface area (Å²) in [6, 6.07) is 1.58. The van der Waals surface area contributed by atoms with Crippen molar-refractivity contribution in [2.45, 2.75) is 15.0 Å². The number of alkyl halides is 6. The van der Waals surface area contributed by atoms with E-state index < -0.39 is 15.7 Å². The predicted octanol–water partition coefficient (Wildman–Crippen LogP) is 5.95. The van der Waals surface area contributed by atoms with Crippen molar-refractivity contribution in [2.24, 2.45) is 0 Å². The first-order valence-electron chi connectivity index (χ1n) is 5.63. The number of thiol groups is 1. The van der Waals surface area contributed by atoms with Crippen molar-refractivity contribution in [3.05, 3.63) is 35.1 Å². The van der Waals surface area contributed by atoms with Crippen LogP contribution in [0, 0.1) is 0 Å². The Kier molecular flexibility index (Phi) is 5.57. The van der Waals surface area contributed by atoms with Gasteiger partial charge in [0.05, 0.1) is 27.4 Å². The van der Waals surface area contributed by atoms with Gasteiger partial charge in [-0.2, -0.15) is 22.7 Å². The minimum Gasteiger partial charge on any atom is -0.330 e. The fourth-order valence-electron chi connectivity index (χ4n) is 1.70. The lowest BCUT2D eigenvalue weighted by Crippen LogP contribution is -2.08. The van der Waals surface area contributed by atoms with Crippen molar-refractivity contribution in [1.82, 2.24) is 9.78 Å². The van der Waals surface area contributed by atoms with E-state index >= 15 is 0 Å². The highest BCUT2D eigenvalue weighted by Crippen LogP contribution is 2.42. The van der Waals surface area contributed by atoms with Crippen LogP contribution in [0.25, 0.3) is 5.69 Å². The molecule has 1 N–H and O–H groups in total. The molecule has 0 saturated heterocycles. The van der Waals surface area contributed by atoms with Gasteiger partial charge in [-0.15, -0.1) is 0 Å². The monoisotopic (exact) mass is 425 g/mol. The van der Waals surface area contributed by atoms with Crippen LogP contribution in [0.5, 0.6) is 0 Å².